The molecule has 1 aromatic carbocycles. The van der Waals surface area contributed by atoms with E-state index in [1.807, 2.05) is 31.2 Å². The average molecular weight is 249 g/mol. The van der Waals surface area contributed by atoms with E-state index in [2.05, 4.69) is 13.8 Å². The van der Waals surface area contributed by atoms with Crippen molar-refractivity contribution in [2.75, 3.05) is 6.61 Å². The van der Waals surface area contributed by atoms with Gasteiger partial charge in [-0.25, -0.2) is 0 Å². The zero-order valence-electron chi connectivity index (χ0n) is 12.0. The molecule has 0 aliphatic carbocycles. The van der Waals surface area contributed by atoms with Crippen LogP contribution in [0, 0.1) is 5.92 Å². The van der Waals surface area contributed by atoms with Crippen LogP contribution in [0.15, 0.2) is 24.3 Å². The summed E-state index contributed by atoms with van der Waals surface area (Å²) in [5.41, 5.74) is 7.05. The van der Waals surface area contributed by atoms with Crippen LogP contribution in [0.25, 0.3) is 0 Å². The summed E-state index contributed by atoms with van der Waals surface area (Å²) in [6.07, 6.45) is 4.98. The molecule has 1 rings (SSSR count). The molecule has 0 aromatic heterocycles. The second-order valence-electron chi connectivity index (χ2n) is 5.05. The van der Waals surface area contributed by atoms with Gasteiger partial charge in [0.1, 0.15) is 5.75 Å². The predicted octanol–water partition coefficient (Wildman–Crippen LogP) is 4.30. The highest BCUT2D eigenvalue weighted by atomic mass is 16.5. The summed E-state index contributed by atoms with van der Waals surface area (Å²) >= 11 is 0. The Bertz CT molecular complexity index is 336. The molecule has 18 heavy (non-hydrogen) atoms. The van der Waals surface area contributed by atoms with Crippen molar-refractivity contribution in [3.8, 4) is 5.75 Å². The van der Waals surface area contributed by atoms with E-state index in [1.54, 1.807) is 0 Å². The van der Waals surface area contributed by atoms with Crippen molar-refractivity contribution in [3.05, 3.63) is 29.8 Å². The van der Waals surface area contributed by atoms with Crippen LogP contribution in [0.2, 0.25) is 0 Å². The number of rotatable bonds is 8. The monoisotopic (exact) mass is 249 g/mol. The molecule has 0 saturated heterocycles. The molecule has 1 aromatic rings. The molecule has 0 amide bonds. The first-order valence-corrected chi connectivity index (χ1v) is 7.16. The summed E-state index contributed by atoms with van der Waals surface area (Å²) in [5.74, 6) is 1.61. The lowest BCUT2D eigenvalue weighted by Gasteiger charge is -2.18. The van der Waals surface area contributed by atoms with E-state index in [0.717, 1.165) is 17.9 Å². The lowest BCUT2D eigenvalue weighted by atomic mass is 10.0. The zero-order valence-corrected chi connectivity index (χ0v) is 12.0. The highest BCUT2D eigenvalue weighted by Gasteiger charge is 2.10. The maximum atomic E-state index is 5.97. The van der Waals surface area contributed by atoms with Gasteiger partial charge in [0, 0.05) is 11.6 Å². The molecular weight excluding hydrogens is 222 g/mol. The fourth-order valence-corrected chi connectivity index (χ4v) is 2.09. The Labute approximate surface area is 112 Å². The lowest BCUT2D eigenvalue weighted by Crippen LogP contribution is -2.14. The van der Waals surface area contributed by atoms with E-state index in [1.165, 1.54) is 25.7 Å². The molecule has 0 aliphatic rings. The molecule has 0 radical (unpaired) electrons. The summed E-state index contributed by atoms with van der Waals surface area (Å²) in [7, 11) is 0. The van der Waals surface area contributed by atoms with Gasteiger partial charge in [-0.1, -0.05) is 51.3 Å². The van der Waals surface area contributed by atoms with Crippen LogP contribution in [0.4, 0.5) is 0 Å². The van der Waals surface area contributed by atoms with Crippen LogP contribution in [0.1, 0.15) is 58.1 Å². The van der Waals surface area contributed by atoms with Gasteiger partial charge in [0.15, 0.2) is 0 Å². The third-order valence-corrected chi connectivity index (χ3v) is 3.43. The predicted molar refractivity (Wildman–Crippen MR) is 77.8 cm³/mol. The highest BCUT2D eigenvalue weighted by Crippen LogP contribution is 2.24. The topological polar surface area (TPSA) is 35.2 Å². The number of ether oxygens (including phenoxy) is 1. The van der Waals surface area contributed by atoms with E-state index in [9.17, 15) is 0 Å². The molecule has 0 bridgehead atoms. The van der Waals surface area contributed by atoms with Crippen molar-refractivity contribution in [3.63, 3.8) is 0 Å². The van der Waals surface area contributed by atoms with E-state index >= 15 is 0 Å². The van der Waals surface area contributed by atoms with Gasteiger partial charge in [-0.15, -0.1) is 0 Å². The van der Waals surface area contributed by atoms with Crippen LogP contribution >= 0.6 is 0 Å². The van der Waals surface area contributed by atoms with Gasteiger partial charge in [-0.2, -0.15) is 0 Å². The summed E-state index contributed by atoms with van der Waals surface area (Å²) < 4.78 is 5.97. The first-order valence-electron chi connectivity index (χ1n) is 7.16. The van der Waals surface area contributed by atoms with Gasteiger partial charge in [0.25, 0.3) is 0 Å². The fourth-order valence-electron chi connectivity index (χ4n) is 2.09. The number of nitrogens with two attached hydrogens (primary N) is 1. The van der Waals surface area contributed by atoms with Crippen LogP contribution in [0.5, 0.6) is 5.75 Å². The van der Waals surface area contributed by atoms with E-state index < -0.39 is 0 Å². The molecule has 2 heteroatoms. The molecular formula is C16H27NO. The van der Waals surface area contributed by atoms with Gasteiger partial charge in [0.2, 0.25) is 0 Å². The molecule has 0 heterocycles. The van der Waals surface area contributed by atoms with E-state index in [0.29, 0.717) is 5.92 Å². The normalized spacial score (nSPS) is 14.2. The van der Waals surface area contributed by atoms with Crippen molar-refractivity contribution in [1.29, 1.82) is 0 Å². The minimum Gasteiger partial charge on any atom is -0.493 e. The van der Waals surface area contributed by atoms with Crippen molar-refractivity contribution < 1.29 is 4.74 Å². The van der Waals surface area contributed by atoms with E-state index in [4.69, 9.17) is 10.5 Å². The zero-order chi connectivity index (χ0) is 13.4. The van der Waals surface area contributed by atoms with Crippen molar-refractivity contribution in [2.45, 2.75) is 52.5 Å². The van der Waals surface area contributed by atoms with E-state index in [-0.39, 0.29) is 6.04 Å². The number of para-hydroxylation sites is 1. The summed E-state index contributed by atoms with van der Waals surface area (Å²) in [5, 5.41) is 0. The Balaban J connectivity index is 2.56. The molecule has 102 valence electrons. The maximum absolute atomic E-state index is 5.97. The first kappa shape index (κ1) is 15.0. The van der Waals surface area contributed by atoms with Gasteiger partial charge in [0.05, 0.1) is 6.61 Å². The minimum atomic E-state index is 0.0249. The SMILES string of the molecule is CCCCC(CC)COc1ccccc1[C@H](C)N. The smallest absolute Gasteiger partial charge is 0.124 e. The third kappa shape index (κ3) is 4.69. The Morgan fingerprint density at radius 2 is 1.94 bits per heavy atom. The Morgan fingerprint density at radius 1 is 1.22 bits per heavy atom. The number of hydrogen-bond acceptors (Lipinski definition) is 2. The Morgan fingerprint density at radius 3 is 2.56 bits per heavy atom. The second-order valence-corrected chi connectivity index (χ2v) is 5.05. The minimum absolute atomic E-state index is 0.0249. The van der Waals surface area contributed by atoms with Gasteiger partial charge >= 0.3 is 0 Å². The second kappa shape index (κ2) is 8.15. The lowest BCUT2D eigenvalue weighted by molar-refractivity contribution is 0.231. The highest BCUT2D eigenvalue weighted by molar-refractivity contribution is 5.35. The third-order valence-electron chi connectivity index (χ3n) is 3.43. The molecule has 2 atom stereocenters. The largest absolute Gasteiger partial charge is 0.493 e. The first-order chi connectivity index (χ1) is 8.69. The van der Waals surface area contributed by atoms with Crippen LogP contribution in [-0.4, -0.2) is 6.61 Å². The summed E-state index contributed by atoms with van der Waals surface area (Å²) in [6.45, 7) is 7.27. The maximum Gasteiger partial charge on any atom is 0.124 e. The number of benzene rings is 1. The molecule has 1 unspecified atom stereocenters. The Kier molecular flexibility index (Phi) is 6.81. The molecule has 0 spiro atoms. The summed E-state index contributed by atoms with van der Waals surface area (Å²) in [6, 6.07) is 8.11. The van der Waals surface area contributed by atoms with Crippen molar-refractivity contribution >= 4 is 0 Å². The molecule has 2 N–H and O–H groups in total. The van der Waals surface area contributed by atoms with Gasteiger partial charge in [-0.05, 0) is 25.3 Å². The number of hydrogen-bond donors (Lipinski definition) is 1. The van der Waals surface area contributed by atoms with Crippen molar-refractivity contribution in [2.24, 2.45) is 11.7 Å². The van der Waals surface area contributed by atoms with Gasteiger partial charge in [-0.3, -0.25) is 0 Å². The molecule has 2 nitrogen and oxygen atoms in total. The molecule has 0 aliphatic heterocycles. The van der Waals surface area contributed by atoms with Crippen LogP contribution < -0.4 is 10.5 Å². The summed E-state index contributed by atoms with van der Waals surface area (Å²) in [4.78, 5) is 0. The Hall–Kier alpha value is -1.02. The van der Waals surface area contributed by atoms with Gasteiger partial charge < -0.3 is 10.5 Å². The number of unbranched alkanes of at least 4 members (excludes halogenated alkanes) is 1. The average Bonchev–Trinajstić information content (AvgIpc) is 2.39. The fraction of sp³-hybridized carbons (Fsp3) is 0.625. The quantitative estimate of drug-likeness (QED) is 0.745. The molecule has 0 saturated carbocycles. The van der Waals surface area contributed by atoms with Crippen molar-refractivity contribution in [1.82, 2.24) is 0 Å². The molecule has 0 fully saturated rings. The standard InChI is InChI=1S/C16H27NO/c1-4-6-9-14(5-2)12-18-16-11-8-7-10-15(16)13(3)17/h7-8,10-11,13-14H,4-6,9,12,17H2,1-3H3/t13-,14?/m0/s1. The van der Waals surface area contributed by atoms with Crippen LogP contribution in [0.3, 0.4) is 0 Å². The van der Waals surface area contributed by atoms with Crippen LogP contribution in [-0.2, 0) is 0 Å².